The molecule has 1 N–H and O–H groups in total. The average molecular weight is 412 g/mol. The van der Waals surface area contributed by atoms with E-state index in [9.17, 15) is 13.2 Å². The van der Waals surface area contributed by atoms with E-state index in [1.807, 2.05) is 31.2 Å². The molecule has 0 fully saturated rings. The van der Waals surface area contributed by atoms with Crippen LogP contribution in [-0.4, -0.2) is 34.6 Å². The molecule has 0 aliphatic rings. The van der Waals surface area contributed by atoms with Crippen LogP contribution < -0.4 is 9.46 Å². The molecule has 8 heteroatoms. The van der Waals surface area contributed by atoms with E-state index in [0.29, 0.717) is 13.0 Å². The third kappa shape index (κ3) is 5.95. The molecule has 2 aromatic rings. The molecule has 146 valence electrons. The van der Waals surface area contributed by atoms with E-state index in [4.69, 9.17) is 16.3 Å². The van der Waals surface area contributed by atoms with Crippen molar-refractivity contribution in [3.05, 3.63) is 58.6 Å². The summed E-state index contributed by atoms with van der Waals surface area (Å²) in [6.45, 7) is 2.81. The highest BCUT2D eigenvalue weighted by molar-refractivity contribution is 7.89. The van der Waals surface area contributed by atoms with Gasteiger partial charge in [0.2, 0.25) is 10.0 Å². The van der Waals surface area contributed by atoms with Crippen LogP contribution in [0.2, 0.25) is 5.02 Å². The molecule has 0 saturated heterocycles. The Bertz CT molecular complexity index is 881. The van der Waals surface area contributed by atoms with E-state index in [-0.39, 0.29) is 22.0 Å². The molecule has 0 spiro atoms. The average Bonchev–Trinajstić information content (AvgIpc) is 2.66. The Hall–Kier alpha value is -2.09. The molecule has 0 bridgehead atoms. The van der Waals surface area contributed by atoms with Crippen molar-refractivity contribution in [2.75, 3.05) is 20.3 Å². The summed E-state index contributed by atoms with van der Waals surface area (Å²) in [6, 6.07) is 11.6. The van der Waals surface area contributed by atoms with Gasteiger partial charge in [-0.15, -0.1) is 0 Å². The van der Waals surface area contributed by atoms with E-state index in [1.54, 1.807) is 0 Å². The van der Waals surface area contributed by atoms with Crippen LogP contribution in [0.15, 0.2) is 47.4 Å². The number of hydrogen-bond donors (Lipinski definition) is 1. The lowest BCUT2D eigenvalue weighted by Crippen LogP contribution is -2.25. The molecule has 0 aliphatic carbocycles. The van der Waals surface area contributed by atoms with Gasteiger partial charge >= 0.3 is 5.97 Å². The maximum atomic E-state index is 12.4. The SMILES string of the molecule is CCOc1ccc(CCCNS(=O)(=O)c2ccc(Cl)c(C(=O)OC)c2)cc1. The van der Waals surface area contributed by atoms with Crippen LogP contribution in [0, 0.1) is 0 Å². The maximum Gasteiger partial charge on any atom is 0.339 e. The highest BCUT2D eigenvalue weighted by Gasteiger charge is 2.18. The first-order chi connectivity index (χ1) is 12.9. The van der Waals surface area contributed by atoms with Crippen LogP contribution in [0.3, 0.4) is 0 Å². The molecule has 0 amide bonds. The molecule has 6 nitrogen and oxygen atoms in total. The third-order valence-electron chi connectivity index (χ3n) is 3.82. The van der Waals surface area contributed by atoms with Crippen molar-refractivity contribution >= 4 is 27.6 Å². The van der Waals surface area contributed by atoms with Crippen LogP contribution in [-0.2, 0) is 21.2 Å². The number of benzene rings is 2. The second-order valence-corrected chi connectivity index (χ2v) is 7.89. The number of halogens is 1. The maximum absolute atomic E-state index is 12.4. The lowest BCUT2D eigenvalue weighted by atomic mass is 10.1. The van der Waals surface area contributed by atoms with E-state index in [1.165, 1.54) is 25.3 Å². The van der Waals surface area contributed by atoms with Crippen molar-refractivity contribution in [1.82, 2.24) is 4.72 Å². The zero-order chi connectivity index (χ0) is 19.9. The molecule has 2 aromatic carbocycles. The minimum atomic E-state index is -3.75. The second-order valence-electron chi connectivity index (χ2n) is 5.71. The molecule has 0 radical (unpaired) electrons. The fourth-order valence-electron chi connectivity index (χ4n) is 2.44. The number of hydrogen-bond acceptors (Lipinski definition) is 5. The van der Waals surface area contributed by atoms with Gasteiger partial charge in [0.05, 0.1) is 29.2 Å². The van der Waals surface area contributed by atoms with Gasteiger partial charge in [0, 0.05) is 6.54 Å². The number of nitrogens with one attached hydrogen (secondary N) is 1. The largest absolute Gasteiger partial charge is 0.494 e. The minimum absolute atomic E-state index is 0.0106. The summed E-state index contributed by atoms with van der Waals surface area (Å²) in [5.74, 6) is 0.124. The summed E-state index contributed by atoms with van der Waals surface area (Å²) >= 11 is 5.92. The summed E-state index contributed by atoms with van der Waals surface area (Å²) < 4.78 is 37.4. The predicted octanol–water partition coefficient (Wildman–Crippen LogP) is 3.44. The number of carbonyl (C=O) groups excluding carboxylic acids is 1. The Morgan fingerprint density at radius 3 is 2.48 bits per heavy atom. The molecular weight excluding hydrogens is 390 g/mol. The molecule has 0 unspecified atom stereocenters. The topological polar surface area (TPSA) is 81.7 Å². The molecule has 27 heavy (non-hydrogen) atoms. The molecule has 0 saturated carbocycles. The van der Waals surface area contributed by atoms with Gasteiger partial charge < -0.3 is 9.47 Å². The highest BCUT2D eigenvalue weighted by Crippen LogP contribution is 2.21. The standard InChI is InChI=1S/C19H22ClNO5S/c1-3-26-15-8-6-14(7-9-15)5-4-12-21-27(23,24)16-10-11-18(20)17(13-16)19(22)25-2/h6-11,13,21H,3-5,12H2,1-2H3. The fraction of sp³-hybridized carbons (Fsp3) is 0.316. The van der Waals surface area contributed by atoms with Gasteiger partial charge in [-0.3, -0.25) is 0 Å². The molecule has 0 heterocycles. The van der Waals surface area contributed by atoms with Crippen LogP contribution >= 0.6 is 11.6 Å². The molecular formula is C19H22ClNO5S. The third-order valence-corrected chi connectivity index (χ3v) is 5.61. The van der Waals surface area contributed by atoms with Crippen LogP contribution in [0.25, 0.3) is 0 Å². The van der Waals surface area contributed by atoms with Gasteiger partial charge in [-0.1, -0.05) is 23.7 Å². The number of esters is 1. The lowest BCUT2D eigenvalue weighted by Gasteiger charge is -2.09. The monoisotopic (exact) mass is 411 g/mol. The minimum Gasteiger partial charge on any atom is -0.494 e. The fourth-order valence-corrected chi connectivity index (χ4v) is 3.73. The molecule has 0 aromatic heterocycles. The number of sulfonamides is 1. The number of methoxy groups -OCH3 is 1. The van der Waals surface area contributed by atoms with E-state index in [0.717, 1.165) is 17.7 Å². The van der Waals surface area contributed by atoms with Gasteiger partial charge in [0.15, 0.2) is 0 Å². The first-order valence-electron chi connectivity index (χ1n) is 8.46. The van der Waals surface area contributed by atoms with Gasteiger partial charge in [-0.25, -0.2) is 17.9 Å². The first-order valence-corrected chi connectivity index (χ1v) is 10.3. The zero-order valence-electron chi connectivity index (χ0n) is 15.2. The Balaban J connectivity index is 1.94. The van der Waals surface area contributed by atoms with Crippen LogP contribution in [0.5, 0.6) is 5.75 Å². The Kier molecular flexibility index (Phi) is 7.65. The van der Waals surface area contributed by atoms with Crippen LogP contribution in [0.4, 0.5) is 0 Å². The van der Waals surface area contributed by atoms with Crippen molar-refractivity contribution in [1.29, 1.82) is 0 Å². The zero-order valence-corrected chi connectivity index (χ0v) is 16.8. The van der Waals surface area contributed by atoms with Crippen molar-refractivity contribution in [3.8, 4) is 5.75 Å². The summed E-state index contributed by atoms with van der Waals surface area (Å²) in [6.07, 6.45) is 1.35. The number of carbonyl (C=O) groups is 1. The van der Waals surface area contributed by atoms with E-state index in [2.05, 4.69) is 9.46 Å². The summed E-state index contributed by atoms with van der Waals surface area (Å²) in [4.78, 5) is 11.6. The normalized spacial score (nSPS) is 11.2. The van der Waals surface area contributed by atoms with Crippen LogP contribution in [0.1, 0.15) is 29.3 Å². The molecule has 2 rings (SSSR count). The Morgan fingerprint density at radius 1 is 1.15 bits per heavy atom. The Morgan fingerprint density at radius 2 is 1.85 bits per heavy atom. The quantitative estimate of drug-likeness (QED) is 0.505. The van der Waals surface area contributed by atoms with Gasteiger partial charge in [0.25, 0.3) is 0 Å². The number of ether oxygens (including phenoxy) is 2. The summed E-state index contributed by atoms with van der Waals surface area (Å²) in [5.41, 5.74) is 1.11. The Labute approximate surface area is 164 Å². The number of rotatable bonds is 9. The summed E-state index contributed by atoms with van der Waals surface area (Å²) in [7, 11) is -2.54. The van der Waals surface area contributed by atoms with Crippen molar-refractivity contribution in [2.24, 2.45) is 0 Å². The highest BCUT2D eigenvalue weighted by atomic mass is 35.5. The first kappa shape index (κ1) is 21.2. The second kappa shape index (κ2) is 9.73. The van der Waals surface area contributed by atoms with E-state index < -0.39 is 16.0 Å². The van der Waals surface area contributed by atoms with Crippen molar-refractivity contribution < 1.29 is 22.7 Å². The van der Waals surface area contributed by atoms with E-state index >= 15 is 0 Å². The molecule has 0 aliphatic heterocycles. The summed E-state index contributed by atoms with van der Waals surface area (Å²) in [5, 5.41) is 0.135. The van der Waals surface area contributed by atoms with Gasteiger partial charge in [-0.2, -0.15) is 0 Å². The lowest BCUT2D eigenvalue weighted by molar-refractivity contribution is 0.0600. The van der Waals surface area contributed by atoms with Crippen molar-refractivity contribution in [3.63, 3.8) is 0 Å². The predicted molar refractivity (Wildman–Crippen MR) is 104 cm³/mol. The number of aryl methyl sites for hydroxylation is 1. The smallest absolute Gasteiger partial charge is 0.339 e. The van der Waals surface area contributed by atoms with Crippen molar-refractivity contribution in [2.45, 2.75) is 24.7 Å². The van der Waals surface area contributed by atoms with Gasteiger partial charge in [0.1, 0.15) is 5.75 Å². The van der Waals surface area contributed by atoms with Gasteiger partial charge in [-0.05, 0) is 55.7 Å². The molecule has 0 atom stereocenters.